The predicted molar refractivity (Wildman–Crippen MR) is 76.6 cm³/mol. The van der Waals surface area contributed by atoms with Crippen LogP contribution >= 0.6 is 0 Å². The van der Waals surface area contributed by atoms with Crippen molar-refractivity contribution < 1.29 is 12.8 Å². The van der Waals surface area contributed by atoms with E-state index in [2.05, 4.69) is 4.72 Å². The third kappa shape index (κ3) is 3.47. The molecule has 0 bridgehead atoms. The summed E-state index contributed by atoms with van der Waals surface area (Å²) in [7, 11) is -3.62. The standard InChI is InChI=1S/C14H18N2O3S/c1-11(12-5-3-2-4-6-12)10-16-20(17,18)14-8-7-13(9-15)19-14/h2-8,11,16H,9-10,15H2,1H3. The van der Waals surface area contributed by atoms with E-state index in [0.717, 1.165) is 5.56 Å². The van der Waals surface area contributed by atoms with Gasteiger partial charge in [0.25, 0.3) is 10.0 Å². The zero-order valence-corrected chi connectivity index (χ0v) is 12.1. The van der Waals surface area contributed by atoms with Gasteiger partial charge in [0.1, 0.15) is 5.76 Å². The molecule has 6 heteroatoms. The van der Waals surface area contributed by atoms with Crippen LogP contribution < -0.4 is 10.5 Å². The summed E-state index contributed by atoms with van der Waals surface area (Å²) in [6.45, 7) is 2.45. The zero-order chi connectivity index (χ0) is 14.6. The van der Waals surface area contributed by atoms with E-state index in [0.29, 0.717) is 12.3 Å². The summed E-state index contributed by atoms with van der Waals surface area (Å²) in [5.41, 5.74) is 6.48. The molecule has 0 fully saturated rings. The van der Waals surface area contributed by atoms with Gasteiger partial charge in [-0.25, -0.2) is 13.1 Å². The molecule has 0 aliphatic carbocycles. The number of sulfonamides is 1. The summed E-state index contributed by atoms with van der Waals surface area (Å²) in [5, 5.41) is -0.0989. The van der Waals surface area contributed by atoms with Gasteiger partial charge in [0.15, 0.2) is 0 Å². The molecule has 0 spiro atoms. The van der Waals surface area contributed by atoms with E-state index in [9.17, 15) is 8.42 Å². The van der Waals surface area contributed by atoms with Gasteiger partial charge < -0.3 is 10.2 Å². The molecule has 0 saturated heterocycles. The smallest absolute Gasteiger partial charge is 0.273 e. The van der Waals surface area contributed by atoms with Crippen molar-refractivity contribution >= 4 is 10.0 Å². The van der Waals surface area contributed by atoms with Gasteiger partial charge in [-0.2, -0.15) is 0 Å². The number of nitrogens with two attached hydrogens (primary N) is 1. The van der Waals surface area contributed by atoms with Crippen LogP contribution in [0.5, 0.6) is 0 Å². The normalized spacial score (nSPS) is 13.3. The lowest BCUT2D eigenvalue weighted by Crippen LogP contribution is -2.27. The fourth-order valence-electron chi connectivity index (χ4n) is 1.82. The van der Waals surface area contributed by atoms with Crippen LogP contribution in [-0.2, 0) is 16.6 Å². The van der Waals surface area contributed by atoms with E-state index in [1.54, 1.807) is 6.07 Å². The SMILES string of the molecule is CC(CNS(=O)(=O)c1ccc(CN)o1)c1ccccc1. The molecule has 0 radical (unpaired) electrons. The molecular formula is C14H18N2O3S. The van der Waals surface area contributed by atoms with Gasteiger partial charge in [0.2, 0.25) is 5.09 Å². The van der Waals surface area contributed by atoms with Crippen LogP contribution in [0.2, 0.25) is 0 Å². The molecule has 1 atom stereocenters. The van der Waals surface area contributed by atoms with Crippen molar-refractivity contribution in [2.45, 2.75) is 24.5 Å². The van der Waals surface area contributed by atoms with Crippen molar-refractivity contribution in [1.82, 2.24) is 4.72 Å². The van der Waals surface area contributed by atoms with Gasteiger partial charge >= 0.3 is 0 Å². The van der Waals surface area contributed by atoms with Crippen LogP contribution in [0.4, 0.5) is 0 Å². The molecule has 1 aromatic carbocycles. The maximum absolute atomic E-state index is 12.1. The van der Waals surface area contributed by atoms with Crippen molar-refractivity contribution in [1.29, 1.82) is 0 Å². The van der Waals surface area contributed by atoms with E-state index in [1.807, 2.05) is 37.3 Å². The molecular weight excluding hydrogens is 276 g/mol. The lowest BCUT2D eigenvalue weighted by molar-refractivity contribution is 0.412. The molecule has 0 aliphatic heterocycles. The van der Waals surface area contributed by atoms with Crippen molar-refractivity contribution in [2.75, 3.05) is 6.54 Å². The summed E-state index contributed by atoms with van der Waals surface area (Å²) >= 11 is 0. The Kier molecular flexibility index (Phi) is 4.59. The first kappa shape index (κ1) is 14.8. The number of benzene rings is 1. The van der Waals surface area contributed by atoms with Crippen molar-refractivity contribution in [2.24, 2.45) is 5.73 Å². The topological polar surface area (TPSA) is 85.3 Å². The summed E-state index contributed by atoms with van der Waals surface area (Å²) in [5.74, 6) is 0.524. The minimum atomic E-state index is -3.62. The second-order valence-electron chi connectivity index (χ2n) is 4.59. The fourth-order valence-corrected chi connectivity index (χ4v) is 2.89. The molecule has 5 nitrogen and oxygen atoms in total. The van der Waals surface area contributed by atoms with Crippen molar-refractivity contribution in [3.05, 3.63) is 53.8 Å². The molecule has 0 saturated carbocycles. The minimum Gasteiger partial charge on any atom is -0.447 e. The maximum atomic E-state index is 12.1. The van der Waals surface area contributed by atoms with Gasteiger partial charge in [0, 0.05) is 6.54 Å². The monoisotopic (exact) mass is 294 g/mol. The van der Waals surface area contributed by atoms with Crippen molar-refractivity contribution in [3.63, 3.8) is 0 Å². The summed E-state index contributed by atoms with van der Waals surface area (Å²) in [6, 6.07) is 12.7. The average molecular weight is 294 g/mol. The largest absolute Gasteiger partial charge is 0.447 e. The molecule has 2 rings (SSSR count). The molecule has 0 aliphatic rings. The Balaban J connectivity index is 2.02. The molecule has 2 aromatic rings. The number of hydrogen-bond donors (Lipinski definition) is 2. The van der Waals surface area contributed by atoms with Crippen LogP contribution in [0.3, 0.4) is 0 Å². The third-order valence-corrected chi connectivity index (χ3v) is 4.35. The van der Waals surface area contributed by atoms with E-state index in [-0.39, 0.29) is 17.6 Å². The van der Waals surface area contributed by atoms with Gasteiger partial charge in [0.05, 0.1) is 6.54 Å². The highest BCUT2D eigenvalue weighted by Crippen LogP contribution is 2.16. The highest BCUT2D eigenvalue weighted by atomic mass is 32.2. The van der Waals surface area contributed by atoms with Crippen LogP contribution in [0.25, 0.3) is 0 Å². The van der Waals surface area contributed by atoms with E-state index in [1.165, 1.54) is 6.07 Å². The van der Waals surface area contributed by atoms with Gasteiger partial charge in [-0.05, 0) is 23.6 Å². The lowest BCUT2D eigenvalue weighted by Gasteiger charge is -2.12. The Labute approximate surface area is 118 Å². The molecule has 1 aromatic heterocycles. The van der Waals surface area contributed by atoms with Crippen LogP contribution in [0, 0.1) is 0 Å². The first-order valence-electron chi connectivity index (χ1n) is 6.36. The average Bonchev–Trinajstić information content (AvgIpc) is 2.95. The summed E-state index contributed by atoms with van der Waals surface area (Å²) in [4.78, 5) is 0. The lowest BCUT2D eigenvalue weighted by atomic mass is 10.0. The Morgan fingerprint density at radius 1 is 1.20 bits per heavy atom. The molecule has 3 N–H and O–H groups in total. The Hall–Kier alpha value is -1.63. The highest BCUT2D eigenvalue weighted by molar-refractivity contribution is 7.89. The predicted octanol–water partition coefficient (Wildman–Crippen LogP) is 1.82. The minimum absolute atomic E-state index is 0.0786. The second kappa shape index (κ2) is 6.21. The van der Waals surface area contributed by atoms with Gasteiger partial charge in [-0.3, -0.25) is 0 Å². The maximum Gasteiger partial charge on any atom is 0.273 e. The number of rotatable bonds is 6. The zero-order valence-electron chi connectivity index (χ0n) is 11.2. The van der Waals surface area contributed by atoms with E-state index in [4.69, 9.17) is 10.2 Å². The molecule has 0 amide bonds. The molecule has 1 unspecified atom stereocenters. The van der Waals surface area contributed by atoms with Crippen molar-refractivity contribution in [3.8, 4) is 0 Å². The van der Waals surface area contributed by atoms with Crippen LogP contribution in [0.1, 0.15) is 24.2 Å². The van der Waals surface area contributed by atoms with E-state index < -0.39 is 10.0 Å². The first-order valence-corrected chi connectivity index (χ1v) is 7.84. The Bertz CT molecular complexity index is 650. The summed E-state index contributed by atoms with van der Waals surface area (Å²) < 4.78 is 31.8. The quantitative estimate of drug-likeness (QED) is 0.851. The van der Waals surface area contributed by atoms with Crippen LogP contribution in [0.15, 0.2) is 52.0 Å². The molecule has 1 heterocycles. The fraction of sp³-hybridized carbons (Fsp3) is 0.286. The highest BCUT2D eigenvalue weighted by Gasteiger charge is 2.19. The molecule has 20 heavy (non-hydrogen) atoms. The Morgan fingerprint density at radius 2 is 1.90 bits per heavy atom. The van der Waals surface area contributed by atoms with E-state index >= 15 is 0 Å². The first-order chi connectivity index (χ1) is 9.53. The van der Waals surface area contributed by atoms with Crippen LogP contribution in [-0.4, -0.2) is 15.0 Å². The number of furan rings is 1. The van der Waals surface area contributed by atoms with Gasteiger partial charge in [-0.1, -0.05) is 37.3 Å². The summed E-state index contributed by atoms with van der Waals surface area (Å²) in [6.07, 6.45) is 0. The second-order valence-corrected chi connectivity index (χ2v) is 6.29. The third-order valence-electron chi connectivity index (χ3n) is 3.05. The number of hydrogen-bond acceptors (Lipinski definition) is 4. The Morgan fingerprint density at radius 3 is 2.50 bits per heavy atom. The molecule has 108 valence electrons. The van der Waals surface area contributed by atoms with Gasteiger partial charge in [-0.15, -0.1) is 0 Å². The number of nitrogens with one attached hydrogen (secondary N) is 1.